The molecule has 1 aromatic heterocycles. The lowest BCUT2D eigenvalue weighted by molar-refractivity contribution is 0.0461. The molecule has 0 saturated carbocycles. The SMILES string of the molecule is CCC(C)OCc1[nH]c(=O)[nH]c(=O)c1OC(C)CC. The van der Waals surface area contributed by atoms with E-state index in [-0.39, 0.29) is 24.6 Å². The number of aromatic amines is 2. The third-order valence-corrected chi connectivity index (χ3v) is 2.95. The molecule has 0 bridgehead atoms. The molecule has 0 amide bonds. The monoisotopic (exact) mass is 270 g/mol. The van der Waals surface area contributed by atoms with Gasteiger partial charge in [0.1, 0.15) is 0 Å². The van der Waals surface area contributed by atoms with Crippen molar-refractivity contribution in [2.24, 2.45) is 0 Å². The fourth-order valence-electron chi connectivity index (χ4n) is 1.38. The van der Waals surface area contributed by atoms with Crippen LogP contribution < -0.4 is 16.0 Å². The molecule has 6 heteroatoms. The van der Waals surface area contributed by atoms with Crippen LogP contribution in [0.3, 0.4) is 0 Å². The van der Waals surface area contributed by atoms with Gasteiger partial charge in [0.2, 0.25) is 5.75 Å². The molecular weight excluding hydrogens is 248 g/mol. The maximum atomic E-state index is 11.8. The third kappa shape index (κ3) is 4.55. The Morgan fingerprint density at radius 1 is 1.05 bits per heavy atom. The number of nitrogens with one attached hydrogen (secondary N) is 2. The van der Waals surface area contributed by atoms with Crippen LogP contribution in [-0.4, -0.2) is 22.2 Å². The van der Waals surface area contributed by atoms with Crippen molar-refractivity contribution in [3.05, 3.63) is 26.5 Å². The Labute approximate surface area is 112 Å². The Hall–Kier alpha value is -1.56. The summed E-state index contributed by atoms with van der Waals surface area (Å²) in [5.41, 5.74) is -0.689. The highest BCUT2D eigenvalue weighted by Gasteiger charge is 2.14. The third-order valence-electron chi connectivity index (χ3n) is 2.95. The second kappa shape index (κ2) is 7.13. The summed E-state index contributed by atoms with van der Waals surface area (Å²) in [6.07, 6.45) is 1.58. The Morgan fingerprint density at radius 3 is 2.26 bits per heavy atom. The van der Waals surface area contributed by atoms with Crippen LogP contribution in [-0.2, 0) is 11.3 Å². The minimum Gasteiger partial charge on any atom is -0.483 e. The number of rotatable bonds is 7. The lowest BCUT2D eigenvalue weighted by Gasteiger charge is -2.16. The maximum absolute atomic E-state index is 11.8. The van der Waals surface area contributed by atoms with E-state index >= 15 is 0 Å². The largest absolute Gasteiger partial charge is 0.483 e. The average molecular weight is 270 g/mol. The van der Waals surface area contributed by atoms with Crippen molar-refractivity contribution >= 4 is 0 Å². The second-order valence-electron chi connectivity index (χ2n) is 4.58. The molecule has 2 unspecified atom stereocenters. The molecule has 1 aromatic rings. The summed E-state index contributed by atoms with van der Waals surface area (Å²) < 4.78 is 11.1. The highest BCUT2D eigenvalue weighted by Crippen LogP contribution is 2.13. The minimum absolute atomic E-state index is 0.0549. The Bertz CT molecular complexity index is 506. The first-order chi connectivity index (χ1) is 8.97. The van der Waals surface area contributed by atoms with Crippen LogP contribution in [0.25, 0.3) is 0 Å². The predicted molar refractivity (Wildman–Crippen MR) is 72.6 cm³/mol. The van der Waals surface area contributed by atoms with E-state index in [1.165, 1.54) is 0 Å². The van der Waals surface area contributed by atoms with Gasteiger partial charge < -0.3 is 14.5 Å². The van der Waals surface area contributed by atoms with Gasteiger partial charge in [-0.2, -0.15) is 0 Å². The van der Waals surface area contributed by atoms with Crippen LogP contribution in [0.15, 0.2) is 9.59 Å². The molecule has 0 aliphatic carbocycles. The molecule has 0 aliphatic rings. The van der Waals surface area contributed by atoms with Crippen LogP contribution in [0.4, 0.5) is 0 Å². The normalized spacial score (nSPS) is 14.1. The first-order valence-corrected chi connectivity index (χ1v) is 6.61. The van der Waals surface area contributed by atoms with E-state index in [0.29, 0.717) is 5.69 Å². The van der Waals surface area contributed by atoms with E-state index in [4.69, 9.17) is 9.47 Å². The summed E-state index contributed by atoms with van der Waals surface area (Å²) in [7, 11) is 0. The molecule has 0 spiro atoms. The van der Waals surface area contributed by atoms with Gasteiger partial charge in [0.25, 0.3) is 5.56 Å². The van der Waals surface area contributed by atoms with E-state index in [2.05, 4.69) is 9.97 Å². The number of hydrogen-bond acceptors (Lipinski definition) is 4. The first-order valence-electron chi connectivity index (χ1n) is 6.61. The minimum atomic E-state index is -0.552. The van der Waals surface area contributed by atoms with E-state index in [1.807, 2.05) is 27.7 Å². The lowest BCUT2D eigenvalue weighted by Crippen LogP contribution is -2.28. The second-order valence-corrected chi connectivity index (χ2v) is 4.58. The molecular formula is C13H22N2O4. The molecule has 0 fully saturated rings. The van der Waals surface area contributed by atoms with E-state index in [0.717, 1.165) is 12.8 Å². The Morgan fingerprint density at radius 2 is 1.68 bits per heavy atom. The molecule has 0 aromatic carbocycles. The summed E-state index contributed by atoms with van der Waals surface area (Å²) >= 11 is 0. The molecule has 19 heavy (non-hydrogen) atoms. The molecule has 0 saturated heterocycles. The topological polar surface area (TPSA) is 84.2 Å². The number of aromatic nitrogens is 2. The zero-order valence-corrected chi connectivity index (χ0v) is 11.9. The summed E-state index contributed by atoms with van der Waals surface area (Å²) in [6.45, 7) is 7.91. The summed E-state index contributed by atoms with van der Waals surface area (Å²) in [6, 6.07) is 0. The van der Waals surface area contributed by atoms with Crippen molar-refractivity contribution in [2.45, 2.75) is 59.4 Å². The van der Waals surface area contributed by atoms with Crippen molar-refractivity contribution in [1.82, 2.24) is 9.97 Å². The van der Waals surface area contributed by atoms with E-state index in [1.54, 1.807) is 0 Å². The molecule has 1 rings (SSSR count). The number of ether oxygens (including phenoxy) is 2. The molecule has 6 nitrogen and oxygen atoms in total. The Balaban J connectivity index is 2.99. The van der Waals surface area contributed by atoms with Gasteiger partial charge in [-0.3, -0.25) is 9.78 Å². The molecule has 1 heterocycles. The summed E-state index contributed by atoms with van der Waals surface area (Å²) in [4.78, 5) is 27.8. The fraction of sp³-hybridized carbons (Fsp3) is 0.692. The van der Waals surface area contributed by atoms with Gasteiger partial charge in [0.05, 0.1) is 24.5 Å². The van der Waals surface area contributed by atoms with Crippen LogP contribution >= 0.6 is 0 Å². The Kier molecular flexibility index (Phi) is 5.82. The predicted octanol–water partition coefficient (Wildman–Crippen LogP) is 1.56. The molecule has 108 valence electrons. The van der Waals surface area contributed by atoms with Gasteiger partial charge in [-0.15, -0.1) is 0 Å². The van der Waals surface area contributed by atoms with Gasteiger partial charge in [-0.1, -0.05) is 13.8 Å². The summed E-state index contributed by atoms with van der Waals surface area (Å²) in [5.74, 6) is 0.136. The smallest absolute Gasteiger partial charge is 0.326 e. The van der Waals surface area contributed by atoms with Crippen molar-refractivity contribution < 1.29 is 9.47 Å². The van der Waals surface area contributed by atoms with Crippen molar-refractivity contribution in [1.29, 1.82) is 0 Å². The highest BCUT2D eigenvalue weighted by atomic mass is 16.5. The maximum Gasteiger partial charge on any atom is 0.326 e. The zero-order chi connectivity index (χ0) is 14.4. The van der Waals surface area contributed by atoms with Crippen molar-refractivity contribution in [2.75, 3.05) is 0 Å². The van der Waals surface area contributed by atoms with Crippen LogP contribution in [0.1, 0.15) is 46.2 Å². The van der Waals surface area contributed by atoms with Gasteiger partial charge in [-0.05, 0) is 26.7 Å². The number of H-pyrrole nitrogens is 2. The fourth-order valence-corrected chi connectivity index (χ4v) is 1.38. The average Bonchev–Trinajstić information content (AvgIpc) is 2.38. The molecule has 0 aliphatic heterocycles. The first kappa shape index (κ1) is 15.5. The van der Waals surface area contributed by atoms with Gasteiger partial charge >= 0.3 is 5.69 Å². The molecule has 2 atom stereocenters. The van der Waals surface area contributed by atoms with Crippen LogP contribution in [0.5, 0.6) is 5.75 Å². The molecule has 2 N–H and O–H groups in total. The zero-order valence-electron chi connectivity index (χ0n) is 11.9. The van der Waals surface area contributed by atoms with Crippen molar-refractivity contribution in [3.63, 3.8) is 0 Å². The van der Waals surface area contributed by atoms with Crippen LogP contribution in [0, 0.1) is 0 Å². The van der Waals surface area contributed by atoms with Gasteiger partial charge in [0, 0.05) is 0 Å². The van der Waals surface area contributed by atoms with Crippen LogP contribution in [0.2, 0.25) is 0 Å². The highest BCUT2D eigenvalue weighted by molar-refractivity contribution is 5.23. The van der Waals surface area contributed by atoms with Crippen molar-refractivity contribution in [3.8, 4) is 5.75 Å². The summed E-state index contributed by atoms with van der Waals surface area (Å²) in [5, 5.41) is 0. The van der Waals surface area contributed by atoms with Gasteiger partial charge in [0.15, 0.2) is 0 Å². The van der Waals surface area contributed by atoms with E-state index in [9.17, 15) is 9.59 Å². The number of hydrogen-bond donors (Lipinski definition) is 2. The quantitative estimate of drug-likeness (QED) is 0.787. The molecule has 0 radical (unpaired) electrons. The standard InChI is InChI=1S/C13H22N2O4/c1-5-8(3)18-7-10-11(19-9(4)6-2)12(16)15-13(17)14-10/h8-9H,5-7H2,1-4H3,(H2,14,15,16,17). The van der Waals surface area contributed by atoms with E-state index < -0.39 is 11.2 Å². The lowest BCUT2D eigenvalue weighted by atomic mass is 10.3. The van der Waals surface area contributed by atoms with Gasteiger partial charge in [-0.25, -0.2) is 4.79 Å².